The number of nitrogens with zero attached hydrogens (tertiary/aromatic N) is 1. The highest BCUT2D eigenvalue weighted by Gasteiger charge is 2.61. The second-order valence-corrected chi connectivity index (χ2v) is 23.1. The van der Waals surface area contributed by atoms with E-state index < -0.39 is 15.4 Å². The predicted molar refractivity (Wildman–Crippen MR) is 92.9 cm³/mol. The van der Waals surface area contributed by atoms with Crippen LogP contribution in [0.1, 0.15) is 46.5 Å². The van der Waals surface area contributed by atoms with Crippen LogP contribution in [0.5, 0.6) is 0 Å². The zero-order valence-electron chi connectivity index (χ0n) is 14.9. The van der Waals surface area contributed by atoms with Crippen LogP contribution in [0.3, 0.4) is 0 Å². The maximum Gasteiger partial charge on any atom is 0.181 e. The van der Waals surface area contributed by atoms with Gasteiger partial charge in [0, 0.05) is 12.8 Å². The average Bonchev–Trinajstić information content (AvgIpc) is 2.72. The Labute approximate surface area is 128 Å². The first-order valence-corrected chi connectivity index (χ1v) is 15.3. The molecule has 0 bridgehead atoms. The third-order valence-electron chi connectivity index (χ3n) is 6.62. The van der Waals surface area contributed by atoms with E-state index in [0.29, 0.717) is 0 Å². The summed E-state index contributed by atoms with van der Waals surface area (Å²) in [5, 5.41) is 0. The highest BCUT2D eigenvalue weighted by molar-refractivity contribution is 7.39. The molecule has 0 aromatic heterocycles. The molecule has 0 saturated carbocycles. The third-order valence-corrected chi connectivity index (χ3v) is 24.5. The zero-order valence-corrected chi connectivity index (χ0v) is 16.9. The molecule has 2 fully saturated rings. The quantitative estimate of drug-likeness (QED) is 0.563. The summed E-state index contributed by atoms with van der Waals surface area (Å²) in [5.74, 6) is 0. The van der Waals surface area contributed by atoms with E-state index >= 15 is 0 Å². The highest BCUT2D eigenvalue weighted by Crippen LogP contribution is 2.44. The summed E-state index contributed by atoms with van der Waals surface area (Å²) < 4.78 is 8.12. The fourth-order valence-electron chi connectivity index (χ4n) is 5.24. The summed E-state index contributed by atoms with van der Waals surface area (Å²) in [7, 11) is -0.341. The van der Waals surface area contributed by atoms with Crippen LogP contribution in [-0.4, -0.2) is 51.3 Å². The van der Waals surface area contributed by atoms with E-state index in [1.165, 1.54) is 49.3 Å². The Bertz CT molecular complexity index is 363. The van der Waals surface area contributed by atoms with Crippen LogP contribution in [0.25, 0.3) is 0 Å². The molecule has 2 heterocycles. The number of likely N-dealkylation sites (tertiary alicyclic amines) is 1. The molecule has 20 heavy (non-hydrogen) atoms. The lowest BCUT2D eigenvalue weighted by molar-refractivity contribution is -0.911. The van der Waals surface area contributed by atoms with Crippen molar-refractivity contribution >= 4 is 15.4 Å². The van der Waals surface area contributed by atoms with Gasteiger partial charge in [-0.2, -0.15) is 0 Å². The molecule has 0 aromatic carbocycles. The van der Waals surface area contributed by atoms with Gasteiger partial charge in [-0.1, -0.05) is 13.5 Å². The molecule has 0 N–H and O–H groups in total. The van der Waals surface area contributed by atoms with Gasteiger partial charge in [-0.05, 0) is 45.8 Å². The lowest BCUT2D eigenvalue weighted by Gasteiger charge is -2.57. The number of quaternary nitrogens is 1. The van der Waals surface area contributed by atoms with Gasteiger partial charge in [0.15, 0.2) is 7.83 Å². The first-order chi connectivity index (χ1) is 9.06. The van der Waals surface area contributed by atoms with Gasteiger partial charge < -0.3 is 8.91 Å². The Kier molecular flexibility index (Phi) is 4.36. The Morgan fingerprint density at radius 3 is 2.15 bits per heavy atom. The summed E-state index contributed by atoms with van der Waals surface area (Å²) in [6.07, 6.45) is 5.51. The van der Waals surface area contributed by atoms with Crippen LogP contribution in [-0.2, 0) is 4.43 Å². The van der Waals surface area contributed by atoms with Crippen molar-refractivity contribution in [1.29, 1.82) is 0 Å². The second kappa shape index (κ2) is 5.22. The predicted octanol–water partition coefficient (Wildman–Crippen LogP) is 4.11. The molecule has 4 heteroatoms. The Hall–Kier alpha value is 0.354. The van der Waals surface area contributed by atoms with Crippen molar-refractivity contribution in [3.8, 4) is 0 Å². The molecule has 0 amide bonds. The van der Waals surface area contributed by atoms with E-state index in [4.69, 9.17) is 4.43 Å². The first kappa shape index (κ1) is 16.7. The third kappa shape index (κ3) is 2.69. The smallest absolute Gasteiger partial charge is 0.181 e. The Morgan fingerprint density at radius 2 is 1.70 bits per heavy atom. The van der Waals surface area contributed by atoms with E-state index in [-0.39, 0.29) is 5.60 Å². The van der Waals surface area contributed by atoms with Gasteiger partial charge in [-0.25, -0.2) is 0 Å². The minimum absolute atomic E-state index is 0.129. The molecule has 118 valence electrons. The molecule has 2 unspecified atom stereocenters. The molecule has 2 atom stereocenters. The molecule has 2 nitrogen and oxygen atoms in total. The van der Waals surface area contributed by atoms with Crippen LogP contribution in [0.2, 0.25) is 25.7 Å². The highest BCUT2D eigenvalue weighted by atomic mass is 29.3. The largest absolute Gasteiger partial charge is 0.415 e. The van der Waals surface area contributed by atoms with Crippen molar-refractivity contribution in [1.82, 2.24) is 0 Å². The molecule has 2 saturated heterocycles. The van der Waals surface area contributed by atoms with Crippen LogP contribution in [0.15, 0.2) is 0 Å². The maximum absolute atomic E-state index is 6.75. The number of rotatable bonds is 3. The van der Waals surface area contributed by atoms with Crippen LogP contribution in [0.4, 0.5) is 0 Å². The molecule has 2 rings (SSSR count). The summed E-state index contributed by atoms with van der Waals surface area (Å²) >= 11 is 0. The topological polar surface area (TPSA) is 9.23 Å². The summed E-state index contributed by atoms with van der Waals surface area (Å²) in [4.78, 5) is 0. The van der Waals surface area contributed by atoms with Crippen LogP contribution in [0, 0.1) is 0 Å². The van der Waals surface area contributed by atoms with Crippen LogP contribution < -0.4 is 0 Å². The molecular formula is C16H36NOSi2+. The minimum atomic E-state index is -1.55. The fourth-order valence-corrected chi connectivity index (χ4v) is 20.0. The summed E-state index contributed by atoms with van der Waals surface area (Å²) in [6, 6.07) is 1.49. The van der Waals surface area contributed by atoms with E-state index in [0.717, 1.165) is 5.67 Å². The van der Waals surface area contributed by atoms with Gasteiger partial charge in [0.05, 0.1) is 31.4 Å². The zero-order chi connectivity index (χ0) is 15.2. The molecule has 0 radical (unpaired) electrons. The van der Waals surface area contributed by atoms with Gasteiger partial charge in [0.25, 0.3) is 0 Å². The van der Waals surface area contributed by atoms with Crippen LogP contribution >= 0.6 is 0 Å². The minimum Gasteiger partial charge on any atom is -0.415 e. The van der Waals surface area contributed by atoms with E-state index in [1.807, 2.05) is 0 Å². The maximum atomic E-state index is 6.75. The summed E-state index contributed by atoms with van der Waals surface area (Å²) in [6.45, 7) is 17.6. The SMILES string of the molecule is CCC([N+]1(C)CCCC1)[Si]1(C)CCC(C)(C)O[Si]1(C)C. The van der Waals surface area contributed by atoms with E-state index in [9.17, 15) is 0 Å². The van der Waals surface area contributed by atoms with Crippen molar-refractivity contribution in [3.63, 3.8) is 0 Å². The van der Waals surface area contributed by atoms with Crippen molar-refractivity contribution in [3.05, 3.63) is 0 Å². The molecule has 0 aromatic rings. The van der Waals surface area contributed by atoms with Gasteiger partial charge in [-0.3, -0.25) is 0 Å². The first-order valence-electron chi connectivity index (χ1n) is 8.61. The average molecular weight is 315 g/mol. The second-order valence-electron chi connectivity index (χ2n) is 8.85. The number of hydrogen-bond donors (Lipinski definition) is 0. The van der Waals surface area contributed by atoms with Crippen molar-refractivity contribution < 1.29 is 8.91 Å². The lowest BCUT2D eigenvalue weighted by Crippen LogP contribution is -2.76. The molecule has 0 spiro atoms. The molecule has 2 aliphatic rings. The van der Waals surface area contributed by atoms with E-state index in [2.05, 4.69) is 47.5 Å². The van der Waals surface area contributed by atoms with Crippen molar-refractivity contribution in [2.75, 3.05) is 20.1 Å². The summed E-state index contributed by atoms with van der Waals surface area (Å²) in [5.41, 5.74) is 1.05. The van der Waals surface area contributed by atoms with Gasteiger partial charge in [0.1, 0.15) is 7.59 Å². The van der Waals surface area contributed by atoms with E-state index in [1.54, 1.807) is 0 Å². The van der Waals surface area contributed by atoms with Gasteiger partial charge in [-0.15, -0.1) is 0 Å². The normalized spacial score (nSPS) is 36.8. The monoisotopic (exact) mass is 314 g/mol. The fraction of sp³-hybridized carbons (Fsp3) is 1.00. The Balaban J connectivity index is 2.32. The molecular weight excluding hydrogens is 278 g/mol. The molecule has 0 aliphatic carbocycles. The Morgan fingerprint density at radius 1 is 1.15 bits per heavy atom. The number of hydrogen-bond acceptors (Lipinski definition) is 1. The lowest BCUT2D eigenvalue weighted by atomic mass is 10.1. The van der Waals surface area contributed by atoms with Crippen molar-refractivity contribution in [2.45, 2.75) is 83.4 Å². The van der Waals surface area contributed by atoms with Gasteiger partial charge in [0.2, 0.25) is 0 Å². The molecule has 2 aliphatic heterocycles. The van der Waals surface area contributed by atoms with Crippen molar-refractivity contribution in [2.24, 2.45) is 0 Å². The standard InChI is InChI=1S/C16H36NOSi2/c1-8-15(17(4)12-9-10-13-17)20(7)14-11-16(2,3)18-19(20,5)6/h15H,8-14H2,1-7H3/q+1. The van der Waals surface area contributed by atoms with Gasteiger partial charge >= 0.3 is 0 Å².